The number of benzene rings is 2. The lowest BCUT2D eigenvalue weighted by Gasteiger charge is -2.23. The second-order valence-corrected chi connectivity index (χ2v) is 7.46. The summed E-state index contributed by atoms with van der Waals surface area (Å²) >= 11 is 0. The molecule has 2 N–H and O–H groups in total. The highest BCUT2D eigenvalue weighted by Gasteiger charge is 2.25. The van der Waals surface area contributed by atoms with Gasteiger partial charge in [0.05, 0.1) is 27.4 Å². The number of hydrogen-bond acceptors (Lipinski definition) is 5. The Hall–Kier alpha value is -3.67. The first-order chi connectivity index (χ1) is 15.0. The predicted molar refractivity (Wildman–Crippen MR) is 124 cm³/mol. The van der Waals surface area contributed by atoms with Crippen LogP contribution in [0.25, 0.3) is 10.9 Å². The molecule has 0 radical (unpaired) electrons. The summed E-state index contributed by atoms with van der Waals surface area (Å²) in [5.41, 5.74) is 5.43. The lowest BCUT2D eigenvalue weighted by Crippen LogP contribution is -2.15. The molecular weight excluding hydrogens is 390 g/mol. The third kappa shape index (κ3) is 3.89. The zero-order chi connectivity index (χ0) is 22.0. The van der Waals surface area contributed by atoms with Crippen molar-refractivity contribution in [3.8, 4) is 17.2 Å². The maximum Gasteiger partial charge on any atom is 0.203 e. The Morgan fingerprint density at radius 2 is 1.61 bits per heavy atom. The van der Waals surface area contributed by atoms with Gasteiger partial charge < -0.3 is 24.5 Å². The molecule has 0 aliphatic rings. The Bertz CT molecular complexity index is 1190. The summed E-state index contributed by atoms with van der Waals surface area (Å²) in [5.74, 6) is 2.58. The minimum atomic E-state index is -0.195. The molecule has 0 bridgehead atoms. The van der Waals surface area contributed by atoms with Gasteiger partial charge >= 0.3 is 0 Å². The van der Waals surface area contributed by atoms with E-state index in [1.165, 1.54) is 0 Å². The number of methoxy groups -OCH3 is 3. The zero-order valence-electron chi connectivity index (χ0n) is 18.4. The Labute approximate surface area is 182 Å². The number of ether oxygens (including phenoxy) is 3. The lowest BCUT2D eigenvalue weighted by atomic mass is 9.95. The molecule has 31 heavy (non-hydrogen) atoms. The summed E-state index contributed by atoms with van der Waals surface area (Å²) in [7, 11) is 4.86. The van der Waals surface area contributed by atoms with Crippen molar-refractivity contribution in [3.63, 3.8) is 0 Å². The minimum Gasteiger partial charge on any atom is -0.493 e. The SMILES string of the molecule is COc1cc([C@H](Nc2cc(C)ccn2)c2c(C)[nH]c3ccccc23)cc(OC)c1OC. The van der Waals surface area contributed by atoms with Crippen molar-refractivity contribution in [3.05, 3.63) is 77.1 Å². The molecule has 0 saturated carbocycles. The molecule has 0 fully saturated rings. The van der Waals surface area contributed by atoms with Gasteiger partial charge in [0, 0.05) is 28.4 Å². The third-order valence-corrected chi connectivity index (χ3v) is 5.46. The van der Waals surface area contributed by atoms with Gasteiger partial charge in [0.25, 0.3) is 0 Å². The van der Waals surface area contributed by atoms with Crippen molar-refractivity contribution in [1.29, 1.82) is 0 Å². The van der Waals surface area contributed by atoms with Crippen molar-refractivity contribution in [1.82, 2.24) is 9.97 Å². The fourth-order valence-corrected chi connectivity index (χ4v) is 4.02. The number of nitrogens with one attached hydrogen (secondary N) is 2. The van der Waals surface area contributed by atoms with E-state index >= 15 is 0 Å². The molecule has 0 amide bonds. The van der Waals surface area contributed by atoms with E-state index in [0.717, 1.165) is 39.1 Å². The van der Waals surface area contributed by atoms with Crippen LogP contribution in [0.1, 0.15) is 28.4 Å². The molecule has 0 aliphatic carbocycles. The van der Waals surface area contributed by atoms with Gasteiger partial charge in [0.2, 0.25) is 5.75 Å². The average Bonchev–Trinajstić information content (AvgIpc) is 3.12. The van der Waals surface area contributed by atoms with E-state index in [-0.39, 0.29) is 6.04 Å². The van der Waals surface area contributed by atoms with Crippen molar-refractivity contribution in [2.45, 2.75) is 19.9 Å². The smallest absolute Gasteiger partial charge is 0.203 e. The number of nitrogens with zero attached hydrogens (tertiary/aromatic N) is 1. The van der Waals surface area contributed by atoms with E-state index in [1.54, 1.807) is 21.3 Å². The zero-order valence-corrected chi connectivity index (χ0v) is 18.4. The van der Waals surface area contributed by atoms with E-state index in [1.807, 2.05) is 36.5 Å². The number of aromatic nitrogens is 2. The maximum absolute atomic E-state index is 5.62. The Morgan fingerprint density at radius 1 is 0.903 bits per heavy atom. The van der Waals surface area contributed by atoms with Crippen LogP contribution in [0.5, 0.6) is 17.2 Å². The quantitative estimate of drug-likeness (QED) is 0.421. The van der Waals surface area contributed by atoms with Crippen molar-refractivity contribution < 1.29 is 14.2 Å². The Kier molecular flexibility index (Phi) is 5.71. The number of aryl methyl sites for hydroxylation is 2. The normalized spacial score (nSPS) is 11.9. The predicted octanol–water partition coefficient (Wildman–Crippen LogP) is 5.41. The lowest BCUT2D eigenvalue weighted by molar-refractivity contribution is 0.323. The number of fused-ring (bicyclic) bond motifs is 1. The maximum atomic E-state index is 5.62. The van der Waals surface area contributed by atoms with Gasteiger partial charge in [-0.05, 0) is 55.3 Å². The molecule has 2 aromatic carbocycles. The van der Waals surface area contributed by atoms with E-state index in [4.69, 9.17) is 14.2 Å². The molecule has 2 aromatic heterocycles. The number of rotatable bonds is 7. The minimum absolute atomic E-state index is 0.195. The van der Waals surface area contributed by atoms with Gasteiger partial charge in [-0.15, -0.1) is 0 Å². The fraction of sp³-hybridized carbons (Fsp3) is 0.240. The number of hydrogen-bond donors (Lipinski definition) is 2. The van der Waals surface area contributed by atoms with Gasteiger partial charge in [-0.2, -0.15) is 0 Å². The Balaban J connectivity index is 1.94. The van der Waals surface area contributed by atoms with Crippen molar-refractivity contribution in [2.24, 2.45) is 0 Å². The summed E-state index contributed by atoms with van der Waals surface area (Å²) in [5, 5.41) is 4.78. The first kappa shape index (κ1) is 20.6. The van der Waals surface area contributed by atoms with Crippen LogP contribution in [0.4, 0.5) is 5.82 Å². The van der Waals surface area contributed by atoms with Crippen LogP contribution in [0, 0.1) is 13.8 Å². The van der Waals surface area contributed by atoms with Crippen LogP contribution in [0.15, 0.2) is 54.7 Å². The van der Waals surface area contributed by atoms with Gasteiger partial charge in [-0.25, -0.2) is 4.98 Å². The first-order valence-corrected chi connectivity index (χ1v) is 10.1. The van der Waals surface area contributed by atoms with Gasteiger partial charge in [-0.3, -0.25) is 0 Å². The summed E-state index contributed by atoms with van der Waals surface area (Å²) in [6.45, 7) is 4.14. The molecule has 0 spiro atoms. The molecule has 1 atom stereocenters. The molecule has 4 rings (SSSR count). The molecular formula is C25H27N3O3. The number of anilines is 1. The highest BCUT2D eigenvalue weighted by atomic mass is 16.5. The highest BCUT2D eigenvalue weighted by molar-refractivity contribution is 5.86. The van der Waals surface area contributed by atoms with Crippen LogP contribution in [0.2, 0.25) is 0 Å². The molecule has 160 valence electrons. The van der Waals surface area contributed by atoms with E-state index in [2.05, 4.69) is 47.3 Å². The third-order valence-electron chi connectivity index (χ3n) is 5.46. The van der Waals surface area contributed by atoms with Gasteiger partial charge in [-0.1, -0.05) is 18.2 Å². The second-order valence-electron chi connectivity index (χ2n) is 7.46. The average molecular weight is 418 g/mol. The van der Waals surface area contributed by atoms with E-state index in [9.17, 15) is 0 Å². The topological polar surface area (TPSA) is 68.4 Å². The van der Waals surface area contributed by atoms with Crippen LogP contribution in [-0.2, 0) is 0 Å². The van der Waals surface area contributed by atoms with Crippen LogP contribution < -0.4 is 19.5 Å². The van der Waals surface area contributed by atoms with Crippen LogP contribution in [-0.4, -0.2) is 31.3 Å². The van der Waals surface area contributed by atoms with Crippen LogP contribution in [0.3, 0.4) is 0 Å². The van der Waals surface area contributed by atoms with Crippen molar-refractivity contribution >= 4 is 16.7 Å². The fourth-order valence-electron chi connectivity index (χ4n) is 4.02. The molecule has 0 saturated heterocycles. The summed E-state index contributed by atoms with van der Waals surface area (Å²) < 4.78 is 16.8. The monoisotopic (exact) mass is 417 g/mol. The molecule has 2 heterocycles. The molecule has 6 nitrogen and oxygen atoms in total. The highest BCUT2D eigenvalue weighted by Crippen LogP contribution is 2.43. The van der Waals surface area contributed by atoms with E-state index < -0.39 is 0 Å². The van der Waals surface area contributed by atoms with Crippen LogP contribution >= 0.6 is 0 Å². The molecule has 0 unspecified atom stereocenters. The first-order valence-electron chi connectivity index (χ1n) is 10.1. The Morgan fingerprint density at radius 3 is 2.26 bits per heavy atom. The van der Waals surface area contributed by atoms with E-state index in [0.29, 0.717) is 17.2 Å². The number of H-pyrrole nitrogens is 1. The standard InChI is InChI=1S/C25H27N3O3/c1-15-10-11-26-22(12-15)28-24(23-16(2)27-19-9-7-6-8-18(19)23)17-13-20(29-3)25(31-5)21(14-17)30-4/h6-14,24,27H,1-5H3,(H,26,28)/t24-/m0/s1. The van der Waals surface area contributed by atoms with Crippen molar-refractivity contribution in [2.75, 3.05) is 26.6 Å². The molecule has 0 aliphatic heterocycles. The molecule has 6 heteroatoms. The largest absolute Gasteiger partial charge is 0.493 e. The number of para-hydroxylation sites is 1. The summed E-state index contributed by atoms with van der Waals surface area (Å²) in [4.78, 5) is 8.04. The molecule has 4 aromatic rings. The van der Waals surface area contributed by atoms with Gasteiger partial charge in [0.1, 0.15) is 5.82 Å². The number of pyridine rings is 1. The summed E-state index contributed by atoms with van der Waals surface area (Å²) in [6, 6.07) is 16.1. The second kappa shape index (κ2) is 8.60. The summed E-state index contributed by atoms with van der Waals surface area (Å²) in [6.07, 6.45) is 1.81. The van der Waals surface area contributed by atoms with Gasteiger partial charge in [0.15, 0.2) is 11.5 Å². The number of aromatic amines is 1.